The Bertz CT molecular complexity index is 465. The van der Waals surface area contributed by atoms with E-state index in [2.05, 4.69) is 29.4 Å². The molecule has 0 saturated carbocycles. The molecule has 1 N–H and O–H groups in total. The first-order valence-electron chi connectivity index (χ1n) is 6.48. The number of pyridine rings is 1. The van der Waals surface area contributed by atoms with E-state index < -0.39 is 0 Å². The van der Waals surface area contributed by atoms with Crippen molar-refractivity contribution in [1.82, 2.24) is 10.3 Å². The average molecular weight is 244 g/mol. The molecule has 3 heteroatoms. The molecule has 96 valence electrons. The first-order valence-corrected chi connectivity index (χ1v) is 6.48. The summed E-state index contributed by atoms with van der Waals surface area (Å²) >= 11 is 0. The number of nitrogens with one attached hydrogen (secondary N) is 1. The van der Waals surface area contributed by atoms with Crippen LogP contribution in [0.5, 0.6) is 0 Å². The zero-order chi connectivity index (χ0) is 12.8. The SMILES string of the molecule is CCCNC(Cc1ccco1)c1ccnc(C)c1. The molecule has 2 rings (SSSR count). The Kier molecular flexibility index (Phi) is 4.53. The number of furan rings is 1. The summed E-state index contributed by atoms with van der Waals surface area (Å²) < 4.78 is 5.44. The predicted molar refractivity (Wildman–Crippen MR) is 72.4 cm³/mol. The first-order chi connectivity index (χ1) is 8.79. The molecule has 2 aromatic heterocycles. The molecule has 0 aromatic carbocycles. The lowest BCUT2D eigenvalue weighted by molar-refractivity contribution is 0.449. The Morgan fingerprint density at radius 1 is 1.39 bits per heavy atom. The molecule has 0 spiro atoms. The molecule has 2 aromatic rings. The second-order valence-corrected chi connectivity index (χ2v) is 4.52. The van der Waals surface area contributed by atoms with E-state index in [4.69, 9.17) is 4.42 Å². The monoisotopic (exact) mass is 244 g/mol. The van der Waals surface area contributed by atoms with Crippen molar-refractivity contribution in [3.63, 3.8) is 0 Å². The Hall–Kier alpha value is -1.61. The molecule has 0 amide bonds. The Labute approximate surface area is 108 Å². The van der Waals surface area contributed by atoms with E-state index in [9.17, 15) is 0 Å². The van der Waals surface area contributed by atoms with Crippen LogP contribution < -0.4 is 5.32 Å². The van der Waals surface area contributed by atoms with Gasteiger partial charge in [-0.15, -0.1) is 0 Å². The highest BCUT2D eigenvalue weighted by Gasteiger charge is 2.13. The van der Waals surface area contributed by atoms with E-state index in [-0.39, 0.29) is 6.04 Å². The first kappa shape index (κ1) is 12.8. The lowest BCUT2D eigenvalue weighted by Gasteiger charge is -2.18. The molecule has 0 aliphatic heterocycles. The summed E-state index contributed by atoms with van der Waals surface area (Å²) in [4.78, 5) is 4.25. The highest BCUT2D eigenvalue weighted by molar-refractivity contribution is 5.21. The molecule has 0 fully saturated rings. The maximum Gasteiger partial charge on any atom is 0.105 e. The minimum Gasteiger partial charge on any atom is -0.469 e. The largest absolute Gasteiger partial charge is 0.469 e. The van der Waals surface area contributed by atoms with Gasteiger partial charge in [0, 0.05) is 24.4 Å². The number of hydrogen-bond acceptors (Lipinski definition) is 3. The molecule has 0 radical (unpaired) electrons. The van der Waals surface area contributed by atoms with Crippen molar-refractivity contribution in [3.8, 4) is 0 Å². The smallest absolute Gasteiger partial charge is 0.105 e. The normalized spacial score (nSPS) is 12.6. The van der Waals surface area contributed by atoms with Crippen molar-refractivity contribution < 1.29 is 4.42 Å². The average Bonchev–Trinajstić information content (AvgIpc) is 2.87. The van der Waals surface area contributed by atoms with E-state index in [1.165, 1.54) is 5.56 Å². The van der Waals surface area contributed by atoms with E-state index >= 15 is 0 Å². The fraction of sp³-hybridized carbons (Fsp3) is 0.400. The highest BCUT2D eigenvalue weighted by Crippen LogP contribution is 2.19. The summed E-state index contributed by atoms with van der Waals surface area (Å²) in [6.07, 6.45) is 5.59. The molecule has 18 heavy (non-hydrogen) atoms. The van der Waals surface area contributed by atoms with Gasteiger partial charge in [0.1, 0.15) is 5.76 Å². The van der Waals surface area contributed by atoms with E-state index in [0.717, 1.165) is 30.8 Å². The molecule has 1 unspecified atom stereocenters. The predicted octanol–water partition coefficient (Wildman–Crippen LogP) is 3.27. The fourth-order valence-electron chi connectivity index (χ4n) is 2.04. The molecule has 0 aliphatic rings. The van der Waals surface area contributed by atoms with E-state index in [1.807, 2.05) is 25.3 Å². The van der Waals surface area contributed by atoms with Gasteiger partial charge in [-0.25, -0.2) is 0 Å². The van der Waals surface area contributed by atoms with Crippen molar-refractivity contribution in [2.24, 2.45) is 0 Å². The molecule has 3 nitrogen and oxygen atoms in total. The summed E-state index contributed by atoms with van der Waals surface area (Å²) in [6.45, 7) is 5.20. The van der Waals surface area contributed by atoms with Crippen LogP contribution in [0.15, 0.2) is 41.1 Å². The van der Waals surface area contributed by atoms with Crippen LogP contribution in [0.25, 0.3) is 0 Å². The molecule has 2 heterocycles. The summed E-state index contributed by atoms with van der Waals surface area (Å²) in [7, 11) is 0. The molecule has 0 saturated heterocycles. The Morgan fingerprint density at radius 2 is 2.28 bits per heavy atom. The highest BCUT2D eigenvalue weighted by atomic mass is 16.3. The second-order valence-electron chi connectivity index (χ2n) is 4.52. The lowest BCUT2D eigenvalue weighted by atomic mass is 10.0. The topological polar surface area (TPSA) is 38.1 Å². The molecule has 0 bridgehead atoms. The zero-order valence-electron chi connectivity index (χ0n) is 11.0. The Balaban J connectivity index is 2.13. The summed E-state index contributed by atoms with van der Waals surface area (Å²) in [5.41, 5.74) is 2.32. The lowest BCUT2D eigenvalue weighted by Crippen LogP contribution is -2.24. The van der Waals surface area contributed by atoms with Crippen molar-refractivity contribution in [1.29, 1.82) is 0 Å². The van der Waals surface area contributed by atoms with Gasteiger partial charge in [-0.3, -0.25) is 4.98 Å². The van der Waals surface area contributed by atoms with Crippen LogP contribution in [0.3, 0.4) is 0 Å². The minimum atomic E-state index is 0.290. The van der Waals surface area contributed by atoms with E-state index in [1.54, 1.807) is 6.26 Å². The van der Waals surface area contributed by atoms with Crippen LogP contribution >= 0.6 is 0 Å². The summed E-state index contributed by atoms with van der Waals surface area (Å²) in [5, 5.41) is 3.56. The van der Waals surface area contributed by atoms with Gasteiger partial charge >= 0.3 is 0 Å². The second kappa shape index (κ2) is 6.36. The van der Waals surface area contributed by atoms with Crippen LogP contribution in [0.2, 0.25) is 0 Å². The summed E-state index contributed by atoms with van der Waals surface area (Å²) in [5.74, 6) is 1.01. The van der Waals surface area contributed by atoms with Crippen molar-refractivity contribution in [2.45, 2.75) is 32.7 Å². The van der Waals surface area contributed by atoms with Gasteiger partial charge in [-0.05, 0) is 49.7 Å². The number of aryl methyl sites for hydroxylation is 1. The quantitative estimate of drug-likeness (QED) is 0.847. The Morgan fingerprint density at radius 3 is 2.94 bits per heavy atom. The van der Waals surface area contributed by atoms with Gasteiger partial charge in [0.2, 0.25) is 0 Å². The van der Waals surface area contributed by atoms with Gasteiger partial charge in [-0.2, -0.15) is 0 Å². The van der Waals surface area contributed by atoms with Crippen LogP contribution in [0.1, 0.15) is 36.4 Å². The number of rotatable bonds is 6. The standard InChI is InChI=1S/C15H20N2O/c1-3-7-17-15(11-14-5-4-9-18-14)13-6-8-16-12(2)10-13/h4-6,8-10,15,17H,3,7,11H2,1-2H3. The van der Waals surface area contributed by atoms with Gasteiger partial charge in [0.25, 0.3) is 0 Å². The number of aromatic nitrogens is 1. The zero-order valence-corrected chi connectivity index (χ0v) is 11.0. The molecular formula is C15H20N2O. The number of hydrogen-bond donors (Lipinski definition) is 1. The van der Waals surface area contributed by atoms with Crippen LogP contribution in [0, 0.1) is 6.92 Å². The molecular weight excluding hydrogens is 224 g/mol. The van der Waals surface area contributed by atoms with Crippen molar-refractivity contribution >= 4 is 0 Å². The molecule has 0 aliphatic carbocycles. The van der Waals surface area contributed by atoms with Crippen LogP contribution in [-0.4, -0.2) is 11.5 Å². The third-order valence-corrected chi connectivity index (χ3v) is 2.95. The third-order valence-electron chi connectivity index (χ3n) is 2.95. The van der Waals surface area contributed by atoms with Gasteiger partial charge < -0.3 is 9.73 Å². The molecule has 1 atom stereocenters. The van der Waals surface area contributed by atoms with Crippen LogP contribution in [0.4, 0.5) is 0 Å². The third kappa shape index (κ3) is 3.44. The van der Waals surface area contributed by atoms with E-state index in [0.29, 0.717) is 0 Å². The number of nitrogens with zero attached hydrogens (tertiary/aromatic N) is 1. The van der Waals surface area contributed by atoms with Gasteiger partial charge in [0.05, 0.1) is 6.26 Å². The van der Waals surface area contributed by atoms with Gasteiger partial charge in [0.15, 0.2) is 0 Å². The maximum absolute atomic E-state index is 5.44. The summed E-state index contributed by atoms with van der Waals surface area (Å²) in [6, 6.07) is 8.45. The van der Waals surface area contributed by atoms with Crippen molar-refractivity contribution in [2.75, 3.05) is 6.54 Å². The van der Waals surface area contributed by atoms with Crippen molar-refractivity contribution in [3.05, 3.63) is 53.7 Å². The minimum absolute atomic E-state index is 0.290. The fourth-order valence-corrected chi connectivity index (χ4v) is 2.04. The van der Waals surface area contributed by atoms with Gasteiger partial charge in [-0.1, -0.05) is 6.92 Å². The maximum atomic E-state index is 5.44. The van der Waals surface area contributed by atoms with Crippen LogP contribution in [-0.2, 0) is 6.42 Å².